The first-order valence-corrected chi connectivity index (χ1v) is 8.52. The van der Waals surface area contributed by atoms with Gasteiger partial charge in [-0.2, -0.15) is 0 Å². The van der Waals surface area contributed by atoms with E-state index < -0.39 is 16.0 Å². The number of hydrogen-bond donors (Lipinski definition) is 3. The second-order valence-corrected chi connectivity index (χ2v) is 7.08. The third-order valence-corrected chi connectivity index (χ3v) is 4.12. The number of carboxylic acids is 1. The van der Waals surface area contributed by atoms with Crippen molar-refractivity contribution in [3.8, 4) is 0 Å². The Morgan fingerprint density at radius 2 is 2.00 bits per heavy atom. The highest BCUT2D eigenvalue weighted by Gasteiger charge is 2.10. The van der Waals surface area contributed by atoms with Crippen molar-refractivity contribution in [2.45, 2.75) is 12.8 Å². The molecule has 1 amide bonds. The lowest BCUT2D eigenvalue weighted by Gasteiger charge is -2.01. The molecule has 0 aromatic carbocycles. The summed E-state index contributed by atoms with van der Waals surface area (Å²) in [6.45, 7) is 0.358. The minimum Gasteiger partial charge on any atom is -0.481 e. The average molecular weight is 320 g/mol. The van der Waals surface area contributed by atoms with Crippen LogP contribution in [0.4, 0.5) is 0 Å². The van der Waals surface area contributed by atoms with E-state index in [1.807, 2.05) is 0 Å². The van der Waals surface area contributed by atoms with Crippen LogP contribution in [-0.4, -0.2) is 44.7 Å². The lowest BCUT2D eigenvalue weighted by molar-refractivity contribution is -0.136. The zero-order valence-corrected chi connectivity index (χ0v) is 12.5. The van der Waals surface area contributed by atoms with Crippen LogP contribution < -0.4 is 10.0 Å². The number of carbonyl (C=O) groups excluding carboxylic acids is 1. The van der Waals surface area contributed by atoms with E-state index in [-0.39, 0.29) is 25.4 Å². The highest BCUT2D eigenvalue weighted by molar-refractivity contribution is 7.88. The molecule has 0 bridgehead atoms. The van der Waals surface area contributed by atoms with Gasteiger partial charge < -0.3 is 10.4 Å². The number of carbonyl (C=O) groups is 2. The summed E-state index contributed by atoms with van der Waals surface area (Å²) in [6, 6.07) is 3.39. The number of sulfonamides is 1. The first kappa shape index (κ1) is 16.6. The van der Waals surface area contributed by atoms with E-state index in [0.29, 0.717) is 11.3 Å². The normalized spacial score (nSPS) is 11.2. The maximum Gasteiger partial charge on any atom is 0.305 e. The van der Waals surface area contributed by atoms with E-state index in [1.54, 1.807) is 12.1 Å². The maximum absolute atomic E-state index is 11.7. The molecule has 0 aliphatic heterocycles. The largest absolute Gasteiger partial charge is 0.481 e. The summed E-state index contributed by atoms with van der Waals surface area (Å²) in [5.74, 6) is -1.29. The highest BCUT2D eigenvalue weighted by atomic mass is 32.2. The molecular formula is C11H16N2O5S2. The summed E-state index contributed by atoms with van der Waals surface area (Å²) in [5, 5.41) is 11.0. The molecule has 9 heteroatoms. The van der Waals surface area contributed by atoms with E-state index in [9.17, 15) is 18.0 Å². The first-order valence-electron chi connectivity index (χ1n) is 5.81. The average Bonchev–Trinajstić information content (AvgIpc) is 2.75. The van der Waals surface area contributed by atoms with Crippen LogP contribution in [0.1, 0.15) is 21.0 Å². The lowest BCUT2D eigenvalue weighted by atomic mass is 10.3. The van der Waals surface area contributed by atoms with Crippen molar-refractivity contribution in [1.82, 2.24) is 10.0 Å². The van der Waals surface area contributed by atoms with Crippen molar-refractivity contribution in [3.05, 3.63) is 21.9 Å². The maximum atomic E-state index is 11.7. The molecule has 0 unspecified atom stereocenters. The van der Waals surface area contributed by atoms with E-state index in [2.05, 4.69) is 10.0 Å². The topological polar surface area (TPSA) is 113 Å². The molecule has 0 spiro atoms. The fourth-order valence-electron chi connectivity index (χ4n) is 1.36. The van der Waals surface area contributed by atoms with Gasteiger partial charge in [0.1, 0.15) is 0 Å². The number of amides is 1. The zero-order chi connectivity index (χ0) is 15.2. The fraction of sp³-hybridized carbons (Fsp3) is 0.455. The van der Waals surface area contributed by atoms with Gasteiger partial charge in [-0.05, 0) is 18.6 Å². The van der Waals surface area contributed by atoms with Crippen LogP contribution in [0.25, 0.3) is 0 Å². The van der Waals surface area contributed by atoms with Crippen LogP contribution in [0.2, 0.25) is 0 Å². The third-order valence-electron chi connectivity index (χ3n) is 2.25. The van der Waals surface area contributed by atoms with Gasteiger partial charge in [0.2, 0.25) is 10.0 Å². The number of aliphatic carboxylic acids is 1. The predicted octanol–water partition coefficient (Wildman–Crippen LogP) is 0.0443. The van der Waals surface area contributed by atoms with Crippen LogP contribution in [0.3, 0.4) is 0 Å². The number of carboxylic acid groups (broad SMARTS) is 1. The van der Waals surface area contributed by atoms with E-state index in [4.69, 9.17) is 5.11 Å². The Balaban J connectivity index is 2.42. The second-order valence-electron chi connectivity index (χ2n) is 4.08. The molecule has 1 aromatic heterocycles. The van der Waals surface area contributed by atoms with E-state index >= 15 is 0 Å². The van der Waals surface area contributed by atoms with Crippen molar-refractivity contribution in [2.24, 2.45) is 0 Å². The molecule has 7 nitrogen and oxygen atoms in total. The van der Waals surface area contributed by atoms with Gasteiger partial charge in [-0.25, -0.2) is 13.1 Å². The minimum absolute atomic E-state index is 0.0804. The molecule has 1 heterocycles. The smallest absolute Gasteiger partial charge is 0.305 e. The van der Waals surface area contributed by atoms with Gasteiger partial charge >= 0.3 is 5.97 Å². The molecule has 0 aliphatic carbocycles. The molecule has 20 heavy (non-hydrogen) atoms. The lowest BCUT2D eigenvalue weighted by Crippen LogP contribution is -2.25. The van der Waals surface area contributed by atoms with Gasteiger partial charge in [-0.3, -0.25) is 9.59 Å². The monoisotopic (exact) mass is 320 g/mol. The molecule has 0 saturated heterocycles. The number of nitrogens with one attached hydrogen (secondary N) is 2. The van der Waals surface area contributed by atoms with Crippen LogP contribution in [0.5, 0.6) is 0 Å². The van der Waals surface area contributed by atoms with Crippen molar-refractivity contribution in [2.75, 3.05) is 19.3 Å². The standard InChI is InChI=1S/C11H16N2O5S2/c1-20(17,18)13-7-4-8-2-3-9(19-8)11(16)12-6-5-10(14)15/h2-3,13H,4-7H2,1H3,(H,12,16)(H,14,15). The Morgan fingerprint density at radius 1 is 1.30 bits per heavy atom. The molecule has 1 rings (SSSR count). The highest BCUT2D eigenvalue weighted by Crippen LogP contribution is 2.16. The Labute approximate surface area is 121 Å². The van der Waals surface area contributed by atoms with Crippen LogP contribution in [0.15, 0.2) is 12.1 Å². The van der Waals surface area contributed by atoms with E-state index in [0.717, 1.165) is 11.1 Å². The van der Waals surface area contributed by atoms with Crippen LogP contribution >= 0.6 is 11.3 Å². The molecule has 1 aromatic rings. The predicted molar refractivity (Wildman–Crippen MR) is 75.5 cm³/mol. The zero-order valence-electron chi connectivity index (χ0n) is 10.9. The minimum atomic E-state index is -3.20. The van der Waals surface area contributed by atoms with Crippen molar-refractivity contribution in [3.63, 3.8) is 0 Å². The number of hydrogen-bond acceptors (Lipinski definition) is 5. The summed E-state index contributed by atoms with van der Waals surface area (Å²) in [4.78, 5) is 23.3. The summed E-state index contributed by atoms with van der Waals surface area (Å²) < 4.78 is 24.1. The Morgan fingerprint density at radius 3 is 2.60 bits per heavy atom. The van der Waals surface area contributed by atoms with Crippen LogP contribution in [0, 0.1) is 0 Å². The molecule has 0 atom stereocenters. The molecule has 0 fully saturated rings. The summed E-state index contributed by atoms with van der Waals surface area (Å²) in [6.07, 6.45) is 1.46. The summed E-state index contributed by atoms with van der Waals surface area (Å²) >= 11 is 1.26. The van der Waals surface area contributed by atoms with E-state index in [1.165, 1.54) is 11.3 Å². The second kappa shape index (κ2) is 7.36. The molecular weight excluding hydrogens is 304 g/mol. The van der Waals surface area contributed by atoms with Crippen LogP contribution in [-0.2, 0) is 21.2 Å². The Kier molecular flexibility index (Phi) is 6.11. The molecule has 112 valence electrons. The third kappa shape index (κ3) is 6.64. The molecule has 0 saturated carbocycles. The summed E-state index contributed by atoms with van der Waals surface area (Å²) in [5.41, 5.74) is 0. The SMILES string of the molecule is CS(=O)(=O)NCCc1ccc(C(=O)NCCC(=O)O)s1. The van der Waals surface area contributed by atoms with Gasteiger partial charge in [0, 0.05) is 18.0 Å². The fourth-order valence-corrected chi connectivity index (χ4v) is 2.76. The van der Waals surface area contributed by atoms with Gasteiger partial charge in [-0.15, -0.1) is 11.3 Å². The van der Waals surface area contributed by atoms with Gasteiger partial charge in [-0.1, -0.05) is 0 Å². The quantitative estimate of drug-likeness (QED) is 0.626. The van der Waals surface area contributed by atoms with Gasteiger partial charge in [0.15, 0.2) is 0 Å². The molecule has 0 radical (unpaired) electrons. The Bertz CT molecular complexity index is 579. The Hall–Kier alpha value is -1.45. The van der Waals surface area contributed by atoms with Gasteiger partial charge in [0.05, 0.1) is 17.6 Å². The van der Waals surface area contributed by atoms with Gasteiger partial charge in [0.25, 0.3) is 5.91 Å². The first-order chi connectivity index (χ1) is 9.28. The summed E-state index contributed by atoms with van der Waals surface area (Å²) in [7, 11) is -3.20. The molecule has 3 N–H and O–H groups in total. The molecule has 0 aliphatic rings. The number of rotatable bonds is 8. The number of thiophene rings is 1. The van der Waals surface area contributed by atoms with Crippen molar-refractivity contribution < 1.29 is 23.1 Å². The van der Waals surface area contributed by atoms with Crippen molar-refractivity contribution in [1.29, 1.82) is 0 Å². The van der Waals surface area contributed by atoms with Crippen molar-refractivity contribution >= 4 is 33.2 Å².